The molecule has 28 nitrogen and oxygen atoms in total. The van der Waals surface area contributed by atoms with Crippen molar-refractivity contribution in [2.45, 2.75) is 161 Å². The van der Waals surface area contributed by atoms with Gasteiger partial charge in [0.1, 0.15) is 36.3 Å². The molecule has 5 aliphatic rings. The number of ether oxygens (including phenoxy) is 1. The van der Waals surface area contributed by atoms with Crippen LogP contribution in [0, 0.1) is 57.7 Å². The van der Waals surface area contributed by atoms with Crippen LogP contribution in [-0.4, -0.2) is 168 Å². The van der Waals surface area contributed by atoms with E-state index in [1.54, 1.807) is 6.92 Å². The molecule has 14 N–H and O–H groups in total. The number of nitrogen functional groups attached to an aromatic ring is 1. The fourth-order valence-electron chi connectivity index (χ4n) is 13.6. The Morgan fingerprint density at radius 2 is 1.62 bits per heavy atom. The number of carbonyl (C=O) groups is 3. The lowest BCUT2D eigenvalue weighted by Gasteiger charge is -2.63. The summed E-state index contributed by atoms with van der Waals surface area (Å²) >= 11 is 0.968. The van der Waals surface area contributed by atoms with E-state index in [1.807, 2.05) is 0 Å². The van der Waals surface area contributed by atoms with Crippen LogP contribution in [0.3, 0.4) is 0 Å². The second-order valence-electron chi connectivity index (χ2n) is 23.7. The van der Waals surface area contributed by atoms with Gasteiger partial charge in [-0.15, -0.1) is 0 Å². The summed E-state index contributed by atoms with van der Waals surface area (Å²) in [6, 6.07) is 0. The number of nitrogens with two attached hydrogens (primary N) is 1. The maximum atomic E-state index is 13.1. The Kier molecular flexibility index (Phi) is 20.7. The Labute approximate surface area is 467 Å². The van der Waals surface area contributed by atoms with Gasteiger partial charge in [-0.1, -0.05) is 53.3 Å². The number of aromatic nitrogens is 4. The van der Waals surface area contributed by atoms with Crippen molar-refractivity contribution in [2.24, 2.45) is 57.7 Å². The van der Waals surface area contributed by atoms with Gasteiger partial charge in [0, 0.05) is 30.7 Å². The van der Waals surface area contributed by atoms with Crippen LogP contribution in [0.25, 0.3) is 11.2 Å². The van der Waals surface area contributed by atoms with Crippen molar-refractivity contribution >= 4 is 69.1 Å². The Hall–Kier alpha value is -2.60. The highest BCUT2D eigenvalue weighted by Crippen LogP contribution is 2.69. The van der Waals surface area contributed by atoms with Gasteiger partial charge in [-0.05, 0) is 104 Å². The summed E-state index contributed by atoms with van der Waals surface area (Å²) < 4.78 is 62.8. The number of carbonyl (C=O) groups excluding carboxylic acids is 3. The molecule has 0 spiro atoms. The first-order chi connectivity index (χ1) is 37.2. The van der Waals surface area contributed by atoms with Gasteiger partial charge in [0.25, 0.3) is 0 Å². The van der Waals surface area contributed by atoms with Gasteiger partial charge in [-0.3, -0.25) is 32.5 Å². The summed E-state index contributed by atoms with van der Waals surface area (Å²) in [6.45, 7) is 8.57. The van der Waals surface area contributed by atoms with Crippen LogP contribution in [-0.2, 0) is 50.7 Å². The highest BCUT2D eigenvalue weighted by Gasteiger charge is 2.66. The first-order valence-electron chi connectivity index (χ1n) is 27.0. The SMILES string of the molecule is C[C@H](CC[C@@H](O)[C@@H](C)C(=O)SCCNC(=O)CCNC(=O)[C@H](O)C(C)(C)COP(=O)(O)OP(=O)(O)OC[C@H]1O[C@@H](n2cnc3c(N)ncnc32)[C@H](O)[C@@H]1OP(=O)(O)O)[C@H]1CC[C@H]2[C@@H]3[C@H](O)C[C@@H]4C[C@H](O)CC[C@]4(C)[C@H]3CC(O)C12C. The van der Waals surface area contributed by atoms with Crippen LogP contribution in [0.2, 0.25) is 0 Å². The molecule has 0 aromatic carbocycles. The van der Waals surface area contributed by atoms with E-state index in [9.17, 15) is 78.3 Å². The van der Waals surface area contributed by atoms with E-state index in [0.717, 1.165) is 54.7 Å². The van der Waals surface area contributed by atoms with E-state index in [4.69, 9.17) is 19.5 Å². The van der Waals surface area contributed by atoms with Crippen molar-refractivity contribution in [2.75, 3.05) is 37.8 Å². The molecule has 4 saturated carbocycles. The van der Waals surface area contributed by atoms with E-state index < -0.39 is 109 Å². The lowest BCUT2D eigenvalue weighted by atomic mass is 9.43. The van der Waals surface area contributed by atoms with Gasteiger partial charge in [-0.25, -0.2) is 28.6 Å². The Balaban J connectivity index is 0.780. The zero-order chi connectivity index (χ0) is 59.1. The molecule has 1 saturated heterocycles. The quantitative estimate of drug-likeness (QED) is 0.0500. The molecule has 2 aromatic heterocycles. The first kappa shape index (κ1) is 65.0. The number of hydrogen-bond acceptors (Lipinski definition) is 22. The molecular weight excluding hydrogens is 1140 g/mol. The second-order valence-corrected chi connectivity index (χ2v) is 29.0. The minimum Gasteiger partial charge on any atom is -0.393 e. The minimum absolute atomic E-state index is 0.0198. The molecule has 0 bridgehead atoms. The molecule has 2 amide bonds. The number of amides is 2. The summed E-state index contributed by atoms with van der Waals surface area (Å²) in [6.07, 6.45) is -2.81. The third kappa shape index (κ3) is 14.5. The minimum atomic E-state index is -5.62. The van der Waals surface area contributed by atoms with Crippen molar-refractivity contribution in [3.63, 3.8) is 0 Å². The van der Waals surface area contributed by atoms with Crippen LogP contribution in [0.4, 0.5) is 5.82 Å². The zero-order valence-corrected chi connectivity index (χ0v) is 49.1. The van der Waals surface area contributed by atoms with Crippen LogP contribution >= 0.6 is 35.2 Å². The fraction of sp³-hybridized carbons (Fsp3) is 0.833. The van der Waals surface area contributed by atoms with Crippen LogP contribution in [0.5, 0.6) is 0 Å². The third-order valence-electron chi connectivity index (χ3n) is 18.1. The van der Waals surface area contributed by atoms with Gasteiger partial charge >= 0.3 is 23.5 Å². The van der Waals surface area contributed by atoms with Crippen LogP contribution in [0.1, 0.15) is 112 Å². The van der Waals surface area contributed by atoms with Crippen molar-refractivity contribution in [1.82, 2.24) is 30.2 Å². The van der Waals surface area contributed by atoms with Gasteiger partial charge < -0.3 is 71.3 Å². The Morgan fingerprint density at radius 3 is 2.33 bits per heavy atom. The number of hydrogen-bond donors (Lipinski definition) is 13. The van der Waals surface area contributed by atoms with Gasteiger partial charge in [0.05, 0.1) is 49.9 Å². The number of thioether (sulfide) groups is 1. The largest absolute Gasteiger partial charge is 0.481 e. The topological polar surface area (TPSA) is 445 Å². The smallest absolute Gasteiger partial charge is 0.393 e. The van der Waals surface area contributed by atoms with E-state index in [1.165, 1.54) is 13.8 Å². The first-order valence-corrected chi connectivity index (χ1v) is 32.5. The molecule has 0 radical (unpaired) electrons. The summed E-state index contributed by atoms with van der Waals surface area (Å²) in [5.41, 5.74) is 3.82. The standard InChI is InChI=1S/C48H80N7O21P3S/c1-24(28-8-9-29-36-30(19-34(59)48(28,29)6)47(5)13-11-27(56)17-26(47)18-32(36)58)7-10-31(57)25(2)45(64)80-16-15-50-35(60)12-14-51-43(63)40(62)46(3,4)21-73-79(70,71)76-78(68,69)72-20-33-39(75-77(65,66)67)38(61)44(74-33)55-23-54-37-41(49)52-22-53-42(37)55/h22-34,36,38-40,44,56-59,61-62H,7-21H2,1-6H3,(H,50,60)(H,51,63)(H,68,69)(H,70,71)(H2,49,52,53)(H2,65,66,67)/t24-,25-,26+,27-,28-,29+,30+,31-,32-,33-,34?,36+,38-,39-,40+,44-,47+,48?/m1/s1. The normalized spacial score (nSPS) is 34.7. The molecule has 4 unspecified atom stereocenters. The van der Waals surface area contributed by atoms with Crippen molar-refractivity contribution < 1.29 is 101 Å². The number of rotatable bonds is 25. The molecule has 4 aliphatic carbocycles. The molecule has 3 heterocycles. The number of aliphatic hydroxyl groups excluding tert-OH is 6. The maximum Gasteiger partial charge on any atom is 0.481 e. The molecule has 5 fully saturated rings. The monoisotopic (exact) mass is 1220 g/mol. The van der Waals surface area contributed by atoms with E-state index >= 15 is 0 Å². The molecule has 1 aliphatic heterocycles. The van der Waals surface area contributed by atoms with E-state index in [-0.39, 0.29) is 99.8 Å². The van der Waals surface area contributed by atoms with Gasteiger partial charge in [0.15, 0.2) is 22.8 Å². The molecule has 7 rings (SSSR count). The lowest BCUT2D eigenvalue weighted by Crippen LogP contribution is -2.62. The molecule has 20 atom stereocenters. The average molecular weight is 1220 g/mol. The van der Waals surface area contributed by atoms with Crippen LogP contribution in [0.15, 0.2) is 12.7 Å². The number of nitrogens with one attached hydrogen (secondary N) is 2. The number of aliphatic hydroxyl groups is 6. The van der Waals surface area contributed by atoms with E-state index in [0.29, 0.717) is 32.1 Å². The average Bonchev–Trinajstić information content (AvgIpc) is 3.66. The van der Waals surface area contributed by atoms with Crippen LogP contribution < -0.4 is 16.4 Å². The number of imidazole rings is 1. The molecule has 32 heteroatoms. The van der Waals surface area contributed by atoms with Crippen molar-refractivity contribution in [1.29, 1.82) is 0 Å². The highest BCUT2D eigenvalue weighted by atomic mass is 32.2. The van der Waals surface area contributed by atoms with Crippen molar-refractivity contribution in [3.05, 3.63) is 12.7 Å². The number of phosphoric ester groups is 3. The lowest BCUT2D eigenvalue weighted by molar-refractivity contribution is -0.207. The number of anilines is 1. The summed E-state index contributed by atoms with van der Waals surface area (Å²) in [5, 5.41) is 71.6. The summed E-state index contributed by atoms with van der Waals surface area (Å²) in [5.74, 6) is -1.01. The van der Waals surface area contributed by atoms with Crippen molar-refractivity contribution in [3.8, 4) is 0 Å². The van der Waals surface area contributed by atoms with E-state index in [2.05, 4.69) is 55.2 Å². The zero-order valence-electron chi connectivity index (χ0n) is 45.6. The maximum absolute atomic E-state index is 13.1. The number of nitrogens with zero attached hydrogens (tertiary/aromatic N) is 4. The summed E-state index contributed by atoms with van der Waals surface area (Å²) in [4.78, 5) is 89.9. The predicted octanol–water partition coefficient (Wildman–Crippen LogP) is 2.04. The Bertz CT molecular complexity index is 2670. The van der Waals surface area contributed by atoms with Gasteiger partial charge in [0.2, 0.25) is 11.8 Å². The molecule has 80 heavy (non-hydrogen) atoms. The number of phosphoric acid groups is 3. The second kappa shape index (κ2) is 25.5. The third-order valence-corrected chi connectivity index (χ3v) is 22.3. The summed E-state index contributed by atoms with van der Waals surface area (Å²) in [7, 11) is -16.5. The highest BCUT2D eigenvalue weighted by molar-refractivity contribution is 8.13. The predicted molar refractivity (Wildman–Crippen MR) is 285 cm³/mol. The van der Waals surface area contributed by atoms with Gasteiger partial charge in [-0.2, -0.15) is 4.31 Å². The molecular formula is C48H80N7O21P3S. The number of fused-ring (bicyclic) bond motifs is 6. The molecule has 2 aromatic rings. The Morgan fingerprint density at radius 1 is 0.925 bits per heavy atom. The fourth-order valence-corrected chi connectivity index (χ4v) is 17.2. The molecule has 454 valence electrons.